The summed E-state index contributed by atoms with van der Waals surface area (Å²) in [6, 6.07) is 2.67. The molecule has 0 aliphatic heterocycles. The monoisotopic (exact) mass is 350 g/mol. The summed E-state index contributed by atoms with van der Waals surface area (Å²) in [4.78, 5) is 11.8. The number of aryl methyl sites for hydroxylation is 1. The van der Waals surface area contributed by atoms with E-state index in [9.17, 15) is 13.2 Å². The second kappa shape index (κ2) is 6.55. The first-order valence-electron chi connectivity index (χ1n) is 6.71. The standard InChI is InChI=1S/C14H16Cl2O4S/c1-9-6-11(7-12(13(9)15)21(16,18)19)14(17)20-8-10-4-2-3-5-10/h6-7,10H,2-5,8H2,1H3. The van der Waals surface area contributed by atoms with E-state index >= 15 is 0 Å². The molecular weight excluding hydrogens is 335 g/mol. The van der Waals surface area contributed by atoms with Gasteiger partial charge in [0, 0.05) is 10.7 Å². The molecule has 4 nitrogen and oxygen atoms in total. The first-order valence-corrected chi connectivity index (χ1v) is 9.39. The van der Waals surface area contributed by atoms with E-state index < -0.39 is 15.0 Å². The highest BCUT2D eigenvalue weighted by atomic mass is 35.7. The molecule has 7 heteroatoms. The van der Waals surface area contributed by atoms with E-state index in [-0.39, 0.29) is 15.5 Å². The molecule has 0 heterocycles. The third kappa shape index (κ3) is 4.11. The summed E-state index contributed by atoms with van der Waals surface area (Å²) >= 11 is 5.92. The Morgan fingerprint density at radius 2 is 1.95 bits per heavy atom. The van der Waals surface area contributed by atoms with Crippen LogP contribution in [0.2, 0.25) is 5.02 Å². The fourth-order valence-corrected chi connectivity index (χ4v) is 4.03. The molecule has 0 aromatic heterocycles. The fraction of sp³-hybridized carbons (Fsp3) is 0.500. The van der Waals surface area contributed by atoms with Crippen molar-refractivity contribution in [2.75, 3.05) is 6.61 Å². The summed E-state index contributed by atoms with van der Waals surface area (Å²) in [7, 11) is 1.32. The minimum absolute atomic E-state index is 0.0253. The van der Waals surface area contributed by atoms with E-state index in [0.717, 1.165) is 31.7 Å². The van der Waals surface area contributed by atoms with Gasteiger partial charge in [-0.3, -0.25) is 0 Å². The summed E-state index contributed by atoms with van der Waals surface area (Å²) in [5, 5.41) is 0.0253. The number of halogens is 2. The molecule has 1 aliphatic carbocycles. The van der Waals surface area contributed by atoms with Crippen LogP contribution in [0.25, 0.3) is 0 Å². The van der Waals surface area contributed by atoms with Crippen molar-refractivity contribution < 1.29 is 17.9 Å². The lowest BCUT2D eigenvalue weighted by molar-refractivity contribution is 0.0442. The number of ether oxygens (including phenoxy) is 1. The third-order valence-corrected chi connectivity index (χ3v) is 5.60. The molecular formula is C14H16Cl2O4S. The van der Waals surface area contributed by atoms with Crippen molar-refractivity contribution in [2.45, 2.75) is 37.5 Å². The minimum Gasteiger partial charge on any atom is -0.462 e. The van der Waals surface area contributed by atoms with Gasteiger partial charge in [0.25, 0.3) is 9.05 Å². The van der Waals surface area contributed by atoms with Gasteiger partial charge in [0.15, 0.2) is 0 Å². The molecule has 21 heavy (non-hydrogen) atoms. The van der Waals surface area contributed by atoms with Crippen LogP contribution in [-0.2, 0) is 13.8 Å². The predicted octanol–water partition coefficient (Wildman–Crippen LogP) is 3.92. The van der Waals surface area contributed by atoms with Gasteiger partial charge in [-0.25, -0.2) is 13.2 Å². The van der Waals surface area contributed by atoms with E-state index in [0.29, 0.717) is 18.1 Å². The van der Waals surface area contributed by atoms with Crippen molar-refractivity contribution in [3.8, 4) is 0 Å². The van der Waals surface area contributed by atoms with Gasteiger partial charge in [-0.05, 0) is 43.4 Å². The van der Waals surface area contributed by atoms with Crippen molar-refractivity contribution >= 4 is 37.3 Å². The summed E-state index contributed by atoms with van der Waals surface area (Å²) in [5.74, 6) is -0.151. The van der Waals surface area contributed by atoms with E-state index in [2.05, 4.69) is 0 Å². The molecule has 0 radical (unpaired) electrons. The van der Waals surface area contributed by atoms with Gasteiger partial charge in [0.05, 0.1) is 17.2 Å². The van der Waals surface area contributed by atoms with Gasteiger partial charge in [-0.2, -0.15) is 0 Å². The Morgan fingerprint density at radius 3 is 2.52 bits per heavy atom. The van der Waals surface area contributed by atoms with Gasteiger partial charge in [-0.15, -0.1) is 0 Å². The number of hydrogen-bond acceptors (Lipinski definition) is 4. The summed E-state index contributed by atoms with van der Waals surface area (Å²) in [5.41, 5.74) is 0.611. The second-order valence-corrected chi connectivity index (χ2v) is 8.20. The second-order valence-electron chi connectivity index (χ2n) is 5.29. The largest absolute Gasteiger partial charge is 0.462 e. The zero-order valence-corrected chi connectivity index (χ0v) is 13.9. The molecule has 1 aromatic rings. The van der Waals surface area contributed by atoms with Gasteiger partial charge in [-0.1, -0.05) is 24.4 Å². The van der Waals surface area contributed by atoms with Gasteiger partial charge >= 0.3 is 5.97 Å². The number of benzene rings is 1. The number of hydrogen-bond donors (Lipinski definition) is 0. The zero-order chi connectivity index (χ0) is 15.6. The van der Waals surface area contributed by atoms with Crippen LogP contribution >= 0.6 is 22.3 Å². The Kier molecular flexibility index (Phi) is 5.17. The zero-order valence-electron chi connectivity index (χ0n) is 11.6. The van der Waals surface area contributed by atoms with Crippen LogP contribution in [-0.4, -0.2) is 21.0 Å². The normalized spacial score (nSPS) is 16.1. The van der Waals surface area contributed by atoms with Crippen molar-refractivity contribution in [3.63, 3.8) is 0 Å². The first kappa shape index (κ1) is 16.6. The maximum absolute atomic E-state index is 12.0. The Labute approximate surface area is 133 Å². The highest BCUT2D eigenvalue weighted by Gasteiger charge is 2.22. The molecule has 0 unspecified atom stereocenters. The minimum atomic E-state index is -4.01. The molecule has 1 aliphatic rings. The highest BCUT2D eigenvalue weighted by Crippen LogP contribution is 2.30. The Hall–Kier alpha value is -0.780. The number of esters is 1. The molecule has 2 rings (SSSR count). The molecule has 0 N–H and O–H groups in total. The average Bonchev–Trinajstić information content (AvgIpc) is 2.90. The lowest BCUT2D eigenvalue weighted by atomic mass is 10.1. The molecule has 0 amide bonds. The van der Waals surface area contributed by atoms with Crippen molar-refractivity contribution in [1.82, 2.24) is 0 Å². The molecule has 116 valence electrons. The van der Waals surface area contributed by atoms with Crippen molar-refractivity contribution in [3.05, 3.63) is 28.3 Å². The highest BCUT2D eigenvalue weighted by molar-refractivity contribution is 8.13. The lowest BCUT2D eigenvalue weighted by Crippen LogP contribution is -2.13. The third-order valence-electron chi connectivity index (χ3n) is 3.64. The van der Waals surface area contributed by atoms with E-state index in [1.807, 2.05) is 0 Å². The number of carbonyl (C=O) groups excluding carboxylic acids is 1. The summed E-state index contributed by atoms with van der Waals surface area (Å²) in [6.07, 6.45) is 4.45. The van der Waals surface area contributed by atoms with Crippen LogP contribution in [0.4, 0.5) is 0 Å². The van der Waals surface area contributed by atoms with E-state index in [4.69, 9.17) is 27.0 Å². The van der Waals surface area contributed by atoms with Gasteiger partial charge in [0.1, 0.15) is 4.90 Å². The molecule has 1 aromatic carbocycles. The molecule has 0 saturated heterocycles. The lowest BCUT2D eigenvalue weighted by Gasteiger charge is -2.11. The SMILES string of the molecule is Cc1cc(C(=O)OCC2CCCC2)cc(S(=O)(=O)Cl)c1Cl. The van der Waals surface area contributed by atoms with Crippen LogP contribution in [0.5, 0.6) is 0 Å². The van der Waals surface area contributed by atoms with E-state index in [1.54, 1.807) is 6.92 Å². The Balaban J connectivity index is 2.19. The summed E-state index contributed by atoms with van der Waals surface area (Å²) < 4.78 is 28.2. The molecule has 0 bridgehead atoms. The van der Waals surface area contributed by atoms with Crippen molar-refractivity contribution in [2.24, 2.45) is 5.92 Å². The first-order chi connectivity index (χ1) is 9.79. The number of rotatable bonds is 4. The maximum Gasteiger partial charge on any atom is 0.338 e. The van der Waals surface area contributed by atoms with Crippen LogP contribution in [0.3, 0.4) is 0 Å². The predicted molar refractivity (Wildman–Crippen MR) is 81.5 cm³/mol. The smallest absolute Gasteiger partial charge is 0.338 e. The quantitative estimate of drug-likeness (QED) is 0.609. The van der Waals surface area contributed by atoms with Gasteiger partial charge < -0.3 is 4.74 Å². The Morgan fingerprint density at radius 1 is 1.33 bits per heavy atom. The maximum atomic E-state index is 12.0. The topological polar surface area (TPSA) is 60.4 Å². The van der Waals surface area contributed by atoms with Crippen LogP contribution in [0.15, 0.2) is 17.0 Å². The molecule has 1 saturated carbocycles. The Bertz CT molecular complexity index is 649. The van der Waals surface area contributed by atoms with Crippen molar-refractivity contribution in [1.29, 1.82) is 0 Å². The van der Waals surface area contributed by atoms with Crippen LogP contribution in [0.1, 0.15) is 41.6 Å². The molecule has 1 fully saturated rings. The fourth-order valence-electron chi connectivity index (χ4n) is 2.49. The van der Waals surface area contributed by atoms with E-state index in [1.165, 1.54) is 6.07 Å². The van der Waals surface area contributed by atoms with Gasteiger partial charge in [0.2, 0.25) is 0 Å². The summed E-state index contributed by atoms with van der Waals surface area (Å²) in [6.45, 7) is 1.98. The molecule has 0 spiro atoms. The number of carbonyl (C=O) groups is 1. The average molecular weight is 351 g/mol. The van der Waals surface area contributed by atoms with Crippen LogP contribution < -0.4 is 0 Å². The van der Waals surface area contributed by atoms with Crippen LogP contribution in [0, 0.1) is 12.8 Å². The molecule has 0 atom stereocenters.